The van der Waals surface area contributed by atoms with Crippen LogP contribution in [0.15, 0.2) is 35.8 Å². The van der Waals surface area contributed by atoms with Gasteiger partial charge in [0.2, 0.25) is 0 Å². The molecular weight excluding hydrogens is 344 g/mol. The minimum atomic E-state index is 0.132. The maximum Gasteiger partial charge on any atom is 0.191 e. The van der Waals surface area contributed by atoms with Gasteiger partial charge in [0.1, 0.15) is 0 Å². The van der Waals surface area contributed by atoms with E-state index in [4.69, 9.17) is 19.2 Å². The molecule has 2 rings (SSSR count). The number of methoxy groups -OCH3 is 2. The first kappa shape index (κ1) is 21.1. The molecule has 1 aliphatic heterocycles. The van der Waals surface area contributed by atoms with Gasteiger partial charge in [0.15, 0.2) is 17.5 Å². The molecule has 0 aliphatic carbocycles. The van der Waals surface area contributed by atoms with Crippen LogP contribution in [0.25, 0.3) is 0 Å². The fraction of sp³-hybridized carbons (Fsp3) is 0.550. The van der Waals surface area contributed by atoms with Gasteiger partial charge in [0.25, 0.3) is 0 Å². The summed E-state index contributed by atoms with van der Waals surface area (Å²) in [5, 5.41) is 6.53. The first-order chi connectivity index (χ1) is 13.2. The highest BCUT2D eigenvalue weighted by Gasteiger charge is 2.23. The number of nitrogens with zero attached hydrogens (tertiary/aromatic N) is 2. The molecule has 1 fully saturated rings. The molecule has 1 aliphatic rings. The number of morpholine rings is 1. The first-order valence-corrected chi connectivity index (χ1v) is 9.40. The van der Waals surface area contributed by atoms with Crippen LogP contribution in [0.1, 0.15) is 18.5 Å². The summed E-state index contributed by atoms with van der Waals surface area (Å²) in [4.78, 5) is 7.20. The molecule has 1 saturated heterocycles. The number of ether oxygens (including phenoxy) is 3. The van der Waals surface area contributed by atoms with E-state index in [2.05, 4.69) is 35.1 Å². The fourth-order valence-electron chi connectivity index (χ4n) is 3.07. The van der Waals surface area contributed by atoms with Crippen molar-refractivity contribution in [2.45, 2.75) is 13.0 Å². The molecule has 0 saturated carbocycles. The van der Waals surface area contributed by atoms with Crippen molar-refractivity contribution in [3.8, 4) is 11.5 Å². The van der Waals surface area contributed by atoms with Gasteiger partial charge in [0.05, 0.1) is 40.0 Å². The topological polar surface area (TPSA) is 67.4 Å². The Hall–Kier alpha value is -2.25. The van der Waals surface area contributed by atoms with Crippen LogP contribution >= 0.6 is 0 Å². The summed E-state index contributed by atoms with van der Waals surface area (Å²) in [5.74, 6) is 2.25. The minimum absolute atomic E-state index is 0.132. The number of nitrogens with one attached hydrogen (secondary N) is 2. The van der Waals surface area contributed by atoms with Crippen LogP contribution in [0, 0.1) is 0 Å². The maximum atomic E-state index is 5.53. The van der Waals surface area contributed by atoms with Crippen molar-refractivity contribution >= 4 is 5.96 Å². The highest BCUT2D eigenvalue weighted by atomic mass is 16.5. The zero-order valence-corrected chi connectivity index (χ0v) is 16.7. The monoisotopic (exact) mass is 376 g/mol. The molecule has 1 aromatic rings. The highest BCUT2D eigenvalue weighted by Crippen LogP contribution is 2.32. The molecule has 7 nitrogen and oxygen atoms in total. The second kappa shape index (κ2) is 11.5. The Bertz CT molecular complexity index is 615. The quantitative estimate of drug-likeness (QED) is 0.389. The molecule has 7 heteroatoms. The van der Waals surface area contributed by atoms with Gasteiger partial charge >= 0.3 is 0 Å². The Morgan fingerprint density at radius 1 is 1.26 bits per heavy atom. The van der Waals surface area contributed by atoms with Crippen molar-refractivity contribution < 1.29 is 14.2 Å². The first-order valence-electron chi connectivity index (χ1n) is 9.40. The second-order valence-electron chi connectivity index (χ2n) is 6.17. The van der Waals surface area contributed by atoms with E-state index in [-0.39, 0.29) is 6.04 Å². The summed E-state index contributed by atoms with van der Waals surface area (Å²) < 4.78 is 16.4. The molecule has 0 radical (unpaired) electrons. The van der Waals surface area contributed by atoms with Gasteiger partial charge in [-0.3, -0.25) is 9.89 Å². The SMILES string of the molecule is C=CCNC(=NCC(c1ccc(OC)c(OC)c1)N1CCOCC1)NCC. The van der Waals surface area contributed by atoms with Gasteiger partial charge in [-0.2, -0.15) is 0 Å². The standard InChI is InChI=1S/C20H32N4O3/c1-5-9-22-20(21-6-2)23-15-17(24-10-12-27-13-11-24)16-7-8-18(25-3)19(14-16)26-4/h5,7-8,14,17H,1,6,9-13,15H2,2-4H3,(H2,21,22,23). The van der Waals surface area contributed by atoms with Crippen molar-refractivity contribution in [3.63, 3.8) is 0 Å². The van der Waals surface area contributed by atoms with Crippen molar-refractivity contribution in [1.29, 1.82) is 0 Å². The lowest BCUT2D eigenvalue weighted by atomic mass is 10.0. The third kappa shape index (κ3) is 6.15. The zero-order chi connectivity index (χ0) is 19.5. The fourth-order valence-corrected chi connectivity index (χ4v) is 3.07. The molecule has 0 spiro atoms. The van der Waals surface area contributed by atoms with E-state index >= 15 is 0 Å². The van der Waals surface area contributed by atoms with Crippen LogP contribution in [-0.4, -0.2) is 71.0 Å². The molecule has 27 heavy (non-hydrogen) atoms. The lowest BCUT2D eigenvalue weighted by Crippen LogP contribution is -2.41. The average molecular weight is 377 g/mol. The Kier molecular flexibility index (Phi) is 8.94. The predicted octanol–water partition coefficient (Wildman–Crippen LogP) is 1.82. The van der Waals surface area contributed by atoms with Gasteiger partial charge in [0, 0.05) is 26.2 Å². The van der Waals surface area contributed by atoms with Gasteiger partial charge in [-0.25, -0.2) is 0 Å². The Labute approximate surface area is 162 Å². The van der Waals surface area contributed by atoms with Crippen LogP contribution in [0.4, 0.5) is 0 Å². The minimum Gasteiger partial charge on any atom is -0.493 e. The molecule has 0 bridgehead atoms. The molecule has 1 aromatic carbocycles. The molecule has 1 unspecified atom stereocenters. The van der Waals surface area contributed by atoms with E-state index in [1.54, 1.807) is 14.2 Å². The van der Waals surface area contributed by atoms with Crippen LogP contribution in [0.5, 0.6) is 11.5 Å². The molecule has 150 valence electrons. The van der Waals surface area contributed by atoms with E-state index < -0.39 is 0 Å². The van der Waals surface area contributed by atoms with E-state index in [0.29, 0.717) is 13.1 Å². The van der Waals surface area contributed by atoms with Crippen LogP contribution in [0.2, 0.25) is 0 Å². The molecule has 1 heterocycles. The summed E-state index contributed by atoms with van der Waals surface area (Å²) in [6.45, 7) is 11.1. The third-order valence-electron chi connectivity index (χ3n) is 4.46. The summed E-state index contributed by atoms with van der Waals surface area (Å²) >= 11 is 0. The van der Waals surface area contributed by atoms with Crippen molar-refractivity contribution in [2.24, 2.45) is 4.99 Å². The van der Waals surface area contributed by atoms with Gasteiger partial charge in [-0.1, -0.05) is 12.1 Å². The van der Waals surface area contributed by atoms with Gasteiger partial charge < -0.3 is 24.8 Å². The molecular formula is C20H32N4O3. The number of aliphatic imine (C=N–C) groups is 1. The molecule has 1 atom stereocenters. The lowest BCUT2D eigenvalue weighted by Gasteiger charge is -2.34. The average Bonchev–Trinajstić information content (AvgIpc) is 2.72. The summed E-state index contributed by atoms with van der Waals surface area (Å²) in [6, 6.07) is 6.21. The molecule has 0 aromatic heterocycles. The summed E-state index contributed by atoms with van der Waals surface area (Å²) in [5.41, 5.74) is 1.15. The highest BCUT2D eigenvalue weighted by molar-refractivity contribution is 5.79. The normalized spacial score (nSPS) is 16.5. The largest absolute Gasteiger partial charge is 0.493 e. The Morgan fingerprint density at radius 3 is 2.63 bits per heavy atom. The van der Waals surface area contributed by atoms with Gasteiger partial charge in [-0.15, -0.1) is 6.58 Å². The molecule has 2 N–H and O–H groups in total. The number of guanidine groups is 1. The van der Waals surface area contributed by atoms with Crippen molar-refractivity contribution in [2.75, 3.05) is 60.2 Å². The summed E-state index contributed by atoms with van der Waals surface area (Å²) in [7, 11) is 3.31. The third-order valence-corrected chi connectivity index (χ3v) is 4.46. The van der Waals surface area contributed by atoms with E-state index in [0.717, 1.165) is 55.9 Å². The van der Waals surface area contributed by atoms with Gasteiger partial charge in [-0.05, 0) is 24.6 Å². The van der Waals surface area contributed by atoms with Crippen LogP contribution in [-0.2, 0) is 4.74 Å². The number of hydrogen-bond acceptors (Lipinski definition) is 5. The number of rotatable bonds is 9. The lowest BCUT2D eigenvalue weighted by molar-refractivity contribution is 0.0179. The van der Waals surface area contributed by atoms with Crippen LogP contribution in [0.3, 0.4) is 0 Å². The van der Waals surface area contributed by atoms with Crippen LogP contribution < -0.4 is 20.1 Å². The number of benzene rings is 1. The Balaban J connectivity index is 2.26. The predicted molar refractivity (Wildman–Crippen MR) is 109 cm³/mol. The Morgan fingerprint density at radius 2 is 2.00 bits per heavy atom. The maximum absolute atomic E-state index is 5.53. The van der Waals surface area contributed by atoms with Crippen molar-refractivity contribution in [3.05, 3.63) is 36.4 Å². The molecule has 0 amide bonds. The zero-order valence-electron chi connectivity index (χ0n) is 16.7. The smallest absolute Gasteiger partial charge is 0.191 e. The number of hydrogen-bond donors (Lipinski definition) is 2. The van der Waals surface area contributed by atoms with Crippen molar-refractivity contribution in [1.82, 2.24) is 15.5 Å². The van der Waals surface area contributed by atoms with E-state index in [1.165, 1.54) is 0 Å². The van der Waals surface area contributed by atoms with E-state index in [9.17, 15) is 0 Å². The van der Waals surface area contributed by atoms with E-state index in [1.807, 2.05) is 18.2 Å². The second-order valence-corrected chi connectivity index (χ2v) is 6.17. The summed E-state index contributed by atoms with van der Waals surface area (Å²) in [6.07, 6.45) is 1.82.